The van der Waals surface area contributed by atoms with Gasteiger partial charge in [-0.1, -0.05) is 17.8 Å². The number of thioether (sulfide) groups is 1. The number of methoxy groups -OCH3 is 1. The lowest BCUT2D eigenvalue weighted by atomic mass is 10.1. The van der Waals surface area contributed by atoms with Gasteiger partial charge < -0.3 is 10.5 Å². The maximum absolute atomic E-state index is 14.4. The van der Waals surface area contributed by atoms with Crippen LogP contribution in [-0.2, 0) is 0 Å². The molecule has 0 saturated heterocycles. The molecule has 0 aliphatic rings. The van der Waals surface area contributed by atoms with E-state index in [0.717, 1.165) is 0 Å². The molecule has 22 heavy (non-hydrogen) atoms. The van der Waals surface area contributed by atoms with Gasteiger partial charge >= 0.3 is 0 Å². The Hall–Kier alpha value is -2.41. The molecule has 1 aromatic carbocycles. The normalized spacial score (nSPS) is 10.9. The van der Waals surface area contributed by atoms with Crippen LogP contribution >= 0.6 is 11.8 Å². The summed E-state index contributed by atoms with van der Waals surface area (Å²) in [5.74, 6) is -0.0720. The second-order valence-electron chi connectivity index (χ2n) is 4.51. The molecule has 5 nitrogen and oxygen atoms in total. The van der Waals surface area contributed by atoms with Gasteiger partial charge in [0, 0.05) is 17.1 Å². The van der Waals surface area contributed by atoms with Crippen molar-refractivity contribution in [2.75, 3.05) is 19.1 Å². The zero-order chi connectivity index (χ0) is 15.7. The summed E-state index contributed by atoms with van der Waals surface area (Å²) >= 11 is 1.42. The number of hydrogen-bond donors (Lipinski definition) is 1. The van der Waals surface area contributed by atoms with Crippen molar-refractivity contribution in [2.45, 2.75) is 5.16 Å². The molecule has 0 radical (unpaired) electrons. The number of benzene rings is 1. The van der Waals surface area contributed by atoms with E-state index in [2.05, 4.69) is 15.0 Å². The molecular weight excluding hydrogens is 303 g/mol. The van der Waals surface area contributed by atoms with Crippen LogP contribution in [0.25, 0.3) is 22.2 Å². The summed E-state index contributed by atoms with van der Waals surface area (Å²) in [5.41, 5.74) is 7.28. The first-order valence-electron chi connectivity index (χ1n) is 6.44. The number of nitrogen functional groups attached to an aromatic ring is 1. The van der Waals surface area contributed by atoms with Crippen LogP contribution in [0.3, 0.4) is 0 Å². The molecule has 0 saturated carbocycles. The molecule has 3 aromatic rings. The van der Waals surface area contributed by atoms with Gasteiger partial charge in [-0.15, -0.1) is 0 Å². The van der Waals surface area contributed by atoms with Gasteiger partial charge in [-0.2, -0.15) is 0 Å². The first-order valence-corrected chi connectivity index (χ1v) is 7.66. The highest BCUT2D eigenvalue weighted by molar-refractivity contribution is 7.98. The van der Waals surface area contributed by atoms with E-state index in [-0.39, 0.29) is 11.6 Å². The number of fused-ring (bicyclic) bond motifs is 1. The van der Waals surface area contributed by atoms with Crippen LogP contribution in [0.15, 0.2) is 35.6 Å². The Morgan fingerprint density at radius 3 is 2.82 bits per heavy atom. The quantitative estimate of drug-likeness (QED) is 0.591. The van der Waals surface area contributed by atoms with Crippen LogP contribution in [-0.4, -0.2) is 28.3 Å². The van der Waals surface area contributed by atoms with Gasteiger partial charge in [0.2, 0.25) is 0 Å². The summed E-state index contributed by atoms with van der Waals surface area (Å²) in [6, 6.07) is 6.60. The summed E-state index contributed by atoms with van der Waals surface area (Å²) in [4.78, 5) is 12.8. The fraction of sp³-hybridized carbons (Fsp3) is 0.133. The molecule has 0 unspecified atom stereocenters. The molecule has 2 N–H and O–H groups in total. The average molecular weight is 316 g/mol. The van der Waals surface area contributed by atoms with Crippen LogP contribution in [0.5, 0.6) is 5.75 Å². The molecule has 0 bridgehead atoms. The van der Waals surface area contributed by atoms with Gasteiger partial charge in [-0.05, 0) is 24.5 Å². The second-order valence-corrected chi connectivity index (χ2v) is 5.28. The third kappa shape index (κ3) is 2.43. The van der Waals surface area contributed by atoms with Gasteiger partial charge in [0.1, 0.15) is 5.52 Å². The Bertz CT molecular complexity index is 856. The minimum absolute atomic E-state index is 0.159. The highest BCUT2D eigenvalue weighted by Gasteiger charge is 2.14. The Balaban J connectivity index is 2.21. The molecule has 0 spiro atoms. The Morgan fingerprint density at radius 1 is 1.27 bits per heavy atom. The number of ether oxygens (including phenoxy) is 1. The van der Waals surface area contributed by atoms with Crippen LogP contribution < -0.4 is 10.5 Å². The first kappa shape index (κ1) is 14.5. The Labute approximate surface area is 130 Å². The number of aromatic nitrogens is 3. The largest absolute Gasteiger partial charge is 0.494 e. The molecule has 0 aliphatic carbocycles. The molecular formula is C15H13FN4OS. The summed E-state index contributed by atoms with van der Waals surface area (Å²) in [7, 11) is 1.42. The second kappa shape index (κ2) is 5.76. The van der Waals surface area contributed by atoms with Gasteiger partial charge in [-0.3, -0.25) is 0 Å². The smallest absolute Gasteiger partial charge is 0.187 e. The van der Waals surface area contributed by atoms with E-state index in [9.17, 15) is 4.39 Å². The van der Waals surface area contributed by atoms with Crippen LogP contribution in [0, 0.1) is 5.82 Å². The number of rotatable bonds is 3. The Kier molecular flexibility index (Phi) is 3.81. The van der Waals surface area contributed by atoms with Crippen molar-refractivity contribution in [1.82, 2.24) is 15.0 Å². The fourth-order valence-corrected chi connectivity index (χ4v) is 2.49. The van der Waals surface area contributed by atoms with E-state index >= 15 is 0 Å². The monoisotopic (exact) mass is 316 g/mol. The number of nitrogens with zero attached hydrogens (tertiary/aromatic N) is 3. The molecule has 0 aliphatic heterocycles. The van der Waals surface area contributed by atoms with Gasteiger partial charge in [0.05, 0.1) is 12.8 Å². The van der Waals surface area contributed by atoms with Crippen molar-refractivity contribution in [3.63, 3.8) is 0 Å². The van der Waals surface area contributed by atoms with Gasteiger partial charge in [0.25, 0.3) is 0 Å². The van der Waals surface area contributed by atoms with E-state index in [1.54, 1.807) is 30.5 Å². The van der Waals surface area contributed by atoms with Crippen LogP contribution in [0.2, 0.25) is 0 Å². The molecule has 7 heteroatoms. The Morgan fingerprint density at radius 2 is 2.09 bits per heavy atom. The fourth-order valence-electron chi connectivity index (χ4n) is 2.15. The van der Waals surface area contributed by atoms with Gasteiger partial charge in [-0.25, -0.2) is 19.3 Å². The topological polar surface area (TPSA) is 73.9 Å². The van der Waals surface area contributed by atoms with Crippen molar-refractivity contribution < 1.29 is 9.13 Å². The molecule has 3 rings (SSSR count). The lowest BCUT2D eigenvalue weighted by molar-refractivity contribution is 0.387. The highest BCUT2D eigenvalue weighted by atomic mass is 32.2. The number of nitrogens with two attached hydrogens (primary N) is 1. The van der Waals surface area contributed by atoms with Crippen molar-refractivity contribution in [3.8, 4) is 17.0 Å². The minimum atomic E-state index is -0.474. The molecule has 112 valence electrons. The van der Waals surface area contributed by atoms with Crippen LogP contribution in [0.1, 0.15) is 0 Å². The SMILES string of the molecule is COc1cccc(-c2cc3cnc(SC)nc3c(N)n2)c1F. The summed E-state index contributed by atoms with van der Waals surface area (Å²) in [5, 5.41) is 1.32. The number of hydrogen-bond acceptors (Lipinski definition) is 6. The highest BCUT2D eigenvalue weighted by Crippen LogP contribution is 2.31. The van der Waals surface area contributed by atoms with E-state index in [1.165, 1.54) is 18.9 Å². The predicted molar refractivity (Wildman–Crippen MR) is 85.5 cm³/mol. The predicted octanol–water partition coefficient (Wildman–Crippen LogP) is 3.14. The van der Waals surface area contributed by atoms with Crippen molar-refractivity contribution >= 4 is 28.5 Å². The van der Waals surface area contributed by atoms with Crippen molar-refractivity contribution in [2.24, 2.45) is 0 Å². The van der Waals surface area contributed by atoms with Crippen molar-refractivity contribution in [1.29, 1.82) is 0 Å². The zero-order valence-electron chi connectivity index (χ0n) is 12.0. The van der Waals surface area contributed by atoms with E-state index in [4.69, 9.17) is 10.5 Å². The first-order chi connectivity index (χ1) is 10.6. The van der Waals surface area contributed by atoms with E-state index in [0.29, 0.717) is 27.3 Å². The zero-order valence-corrected chi connectivity index (χ0v) is 12.8. The standard InChI is InChI=1S/C15H13FN4OS/c1-21-11-5-3-4-9(12(11)16)10-6-8-7-18-15(22-2)20-13(8)14(17)19-10/h3-7H,1-2H3,(H2,17,19). The summed E-state index contributed by atoms with van der Waals surface area (Å²) in [6.45, 7) is 0. The number of anilines is 1. The maximum atomic E-state index is 14.4. The molecule has 0 fully saturated rings. The minimum Gasteiger partial charge on any atom is -0.494 e. The molecule has 0 amide bonds. The average Bonchev–Trinajstić information content (AvgIpc) is 2.54. The van der Waals surface area contributed by atoms with Gasteiger partial charge in [0.15, 0.2) is 22.5 Å². The van der Waals surface area contributed by atoms with Crippen LogP contribution in [0.4, 0.5) is 10.2 Å². The van der Waals surface area contributed by atoms with Crippen molar-refractivity contribution in [3.05, 3.63) is 36.3 Å². The third-order valence-electron chi connectivity index (χ3n) is 3.21. The molecule has 2 heterocycles. The lowest BCUT2D eigenvalue weighted by Crippen LogP contribution is -1.99. The lowest BCUT2D eigenvalue weighted by Gasteiger charge is -2.09. The van der Waals surface area contributed by atoms with E-state index in [1.807, 2.05) is 6.26 Å². The molecule has 2 aromatic heterocycles. The third-order valence-corrected chi connectivity index (χ3v) is 3.77. The number of pyridine rings is 1. The number of halogens is 1. The van der Waals surface area contributed by atoms with E-state index < -0.39 is 5.82 Å². The molecule has 0 atom stereocenters. The maximum Gasteiger partial charge on any atom is 0.187 e. The summed E-state index contributed by atoms with van der Waals surface area (Å²) in [6.07, 6.45) is 3.54. The summed E-state index contributed by atoms with van der Waals surface area (Å²) < 4.78 is 19.4.